The standard InChI is InChI=1S/C15H21NO/c1-11-9-15(17)12(2)13(3)16(11)10-14-7-5-4-6-8-14/h4-8,11-13H,9-10H2,1-3H3/t11-,12+,13-/m1/s1. The molecule has 0 saturated carbocycles. The minimum Gasteiger partial charge on any atom is -0.299 e. The van der Waals surface area contributed by atoms with Gasteiger partial charge in [-0.3, -0.25) is 9.69 Å². The molecule has 1 aromatic carbocycles. The molecule has 0 radical (unpaired) electrons. The van der Waals surface area contributed by atoms with E-state index >= 15 is 0 Å². The molecule has 92 valence electrons. The minimum atomic E-state index is 0.162. The maximum absolute atomic E-state index is 11.8. The number of hydrogen-bond acceptors (Lipinski definition) is 2. The van der Waals surface area contributed by atoms with Crippen molar-refractivity contribution in [3.8, 4) is 0 Å². The smallest absolute Gasteiger partial charge is 0.138 e. The third-order valence-corrected chi connectivity index (χ3v) is 4.03. The highest BCUT2D eigenvalue weighted by Gasteiger charge is 2.35. The van der Waals surface area contributed by atoms with Crippen LogP contribution in [0, 0.1) is 5.92 Å². The van der Waals surface area contributed by atoms with Crippen LogP contribution in [-0.4, -0.2) is 22.8 Å². The van der Waals surface area contributed by atoms with E-state index in [1.807, 2.05) is 6.07 Å². The molecule has 3 atom stereocenters. The fraction of sp³-hybridized carbons (Fsp3) is 0.533. The molecule has 0 bridgehead atoms. The van der Waals surface area contributed by atoms with E-state index in [2.05, 4.69) is 49.9 Å². The van der Waals surface area contributed by atoms with E-state index in [1.165, 1.54) is 5.56 Å². The Labute approximate surface area is 104 Å². The van der Waals surface area contributed by atoms with E-state index in [0.717, 1.165) is 6.54 Å². The number of piperidine rings is 1. The number of ketones is 1. The summed E-state index contributed by atoms with van der Waals surface area (Å²) in [5.74, 6) is 0.573. The molecular formula is C15H21NO. The molecule has 1 fully saturated rings. The lowest BCUT2D eigenvalue weighted by Crippen LogP contribution is -2.51. The zero-order valence-electron chi connectivity index (χ0n) is 10.9. The molecule has 0 spiro atoms. The molecule has 0 unspecified atom stereocenters. The van der Waals surface area contributed by atoms with Crippen LogP contribution in [0.25, 0.3) is 0 Å². The third-order valence-electron chi connectivity index (χ3n) is 4.03. The Hall–Kier alpha value is -1.15. The number of rotatable bonds is 2. The zero-order valence-corrected chi connectivity index (χ0v) is 10.9. The first-order valence-corrected chi connectivity index (χ1v) is 6.42. The van der Waals surface area contributed by atoms with Crippen LogP contribution in [0.4, 0.5) is 0 Å². The van der Waals surface area contributed by atoms with Crippen LogP contribution >= 0.6 is 0 Å². The molecule has 2 rings (SSSR count). The summed E-state index contributed by atoms with van der Waals surface area (Å²) in [7, 11) is 0. The summed E-state index contributed by atoms with van der Waals surface area (Å²) < 4.78 is 0. The van der Waals surface area contributed by atoms with E-state index in [-0.39, 0.29) is 5.92 Å². The van der Waals surface area contributed by atoms with Gasteiger partial charge in [-0.25, -0.2) is 0 Å². The van der Waals surface area contributed by atoms with Gasteiger partial charge in [0.2, 0.25) is 0 Å². The molecule has 1 heterocycles. The van der Waals surface area contributed by atoms with E-state index in [9.17, 15) is 4.79 Å². The van der Waals surface area contributed by atoms with E-state index < -0.39 is 0 Å². The molecule has 2 heteroatoms. The molecule has 0 aromatic heterocycles. The molecule has 1 aliphatic rings. The lowest BCUT2D eigenvalue weighted by Gasteiger charge is -2.41. The second kappa shape index (κ2) is 5.01. The molecule has 1 aromatic rings. The Morgan fingerprint density at radius 3 is 2.47 bits per heavy atom. The van der Waals surface area contributed by atoms with Crippen molar-refractivity contribution in [1.29, 1.82) is 0 Å². The van der Waals surface area contributed by atoms with Crippen LogP contribution in [0.5, 0.6) is 0 Å². The van der Waals surface area contributed by atoms with Crippen molar-refractivity contribution in [2.45, 2.75) is 45.8 Å². The van der Waals surface area contributed by atoms with Crippen LogP contribution in [-0.2, 0) is 11.3 Å². The van der Waals surface area contributed by atoms with Crippen LogP contribution in [0.15, 0.2) is 30.3 Å². The van der Waals surface area contributed by atoms with Gasteiger partial charge in [-0.15, -0.1) is 0 Å². The van der Waals surface area contributed by atoms with Crippen LogP contribution in [0.2, 0.25) is 0 Å². The number of Topliss-reactive ketones (excluding diaryl/α,β-unsaturated/α-hetero) is 1. The minimum absolute atomic E-state index is 0.162. The Kier molecular flexibility index (Phi) is 3.63. The quantitative estimate of drug-likeness (QED) is 0.780. The highest BCUT2D eigenvalue weighted by molar-refractivity contribution is 5.82. The predicted molar refractivity (Wildman–Crippen MR) is 69.7 cm³/mol. The number of carbonyl (C=O) groups excluding carboxylic acids is 1. The first-order valence-electron chi connectivity index (χ1n) is 6.42. The van der Waals surface area contributed by atoms with Gasteiger partial charge in [0, 0.05) is 31.0 Å². The van der Waals surface area contributed by atoms with Gasteiger partial charge in [0.15, 0.2) is 0 Å². The third kappa shape index (κ3) is 2.58. The van der Waals surface area contributed by atoms with Gasteiger partial charge >= 0.3 is 0 Å². The Balaban J connectivity index is 2.12. The highest BCUT2D eigenvalue weighted by Crippen LogP contribution is 2.26. The number of likely N-dealkylation sites (tertiary alicyclic amines) is 1. The largest absolute Gasteiger partial charge is 0.299 e. The molecule has 1 aliphatic heterocycles. The van der Waals surface area contributed by atoms with Gasteiger partial charge in [-0.1, -0.05) is 37.3 Å². The van der Waals surface area contributed by atoms with Gasteiger partial charge < -0.3 is 0 Å². The number of benzene rings is 1. The second-order valence-corrected chi connectivity index (χ2v) is 5.21. The van der Waals surface area contributed by atoms with E-state index in [4.69, 9.17) is 0 Å². The molecule has 0 aliphatic carbocycles. The molecule has 1 saturated heterocycles. The summed E-state index contributed by atoms with van der Waals surface area (Å²) in [4.78, 5) is 14.2. The summed E-state index contributed by atoms with van der Waals surface area (Å²) in [6.45, 7) is 7.32. The first-order chi connectivity index (χ1) is 8.09. The van der Waals surface area contributed by atoms with Crippen molar-refractivity contribution in [2.24, 2.45) is 5.92 Å². The van der Waals surface area contributed by atoms with Gasteiger partial charge in [-0.2, -0.15) is 0 Å². The van der Waals surface area contributed by atoms with Gasteiger partial charge in [0.25, 0.3) is 0 Å². The van der Waals surface area contributed by atoms with Gasteiger partial charge in [0.1, 0.15) is 5.78 Å². The molecule has 2 nitrogen and oxygen atoms in total. The first kappa shape index (κ1) is 12.3. The average molecular weight is 231 g/mol. The van der Waals surface area contributed by atoms with Gasteiger partial charge in [-0.05, 0) is 19.4 Å². The summed E-state index contributed by atoms with van der Waals surface area (Å²) in [5, 5.41) is 0. The van der Waals surface area contributed by atoms with Crippen LogP contribution < -0.4 is 0 Å². The predicted octanol–water partition coefficient (Wildman–Crippen LogP) is 2.87. The summed E-state index contributed by atoms with van der Waals surface area (Å²) in [5.41, 5.74) is 1.33. The van der Waals surface area contributed by atoms with E-state index in [1.54, 1.807) is 0 Å². The second-order valence-electron chi connectivity index (χ2n) is 5.21. The van der Waals surface area contributed by atoms with Crippen molar-refractivity contribution in [2.75, 3.05) is 0 Å². The zero-order chi connectivity index (χ0) is 12.4. The number of nitrogens with zero attached hydrogens (tertiary/aromatic N) is 1. The maximum Gasteiger partial charge on any atom is 0.138 e. The monoisotopic (exact) mass is 231 g/mol. The number of carbonyl (C=O) groups is 1. The van der Waals surface area contributed by atoms with Crippen LogP contribution in [0.3, 0.4) is 0 Å². The van der Waals surface area contributed by atoms with Crippen molar-refractivity contribution < 1.29 is 4.79 Å². The van der Waals surface area contributed by atoms with Crippen molar-refractivity contribution in [3.05, 3.63) is 35.9 Å². The van der Waals surface area contributed by atoms with Crippen molar-refractivity contribution >= 4 is 5.78 Å². The maximum atomic E-state index is 11.8. The van der Waals surface area contributed by atoms with Gasteiger partial charge in [0.05, 0.1) is 0 Å². The fourth-order valence-electron chi connectivity index (χ4n) is 2.65. The topological polar surface area (TPSA) is 20.3 Å². The lowest BCUT2D eigenvalue weighted by molar-refractivity contribution is -0.130. The Morgan fingerprint density at radius 1 is 1.18 bits per heavy atom. The van der Waals surface area contributed by atoms with Crippen molar-refractivity contribution in [1.82, 2.24) is 4.90 Å². The fourth-order valence-corrected chi connectivity index (χ4v) is 2.65. The SMILES string of the molecule is C[C@@H]1C(=O)C[C@@H](C)N(Cc2ccccc2)[C@@H]1C. The molecule has 0 N–H and O–H groups in total. The Morgan fingerprint density at radius 2 is 1.82 bits per heavy atom. The Bertz CT molecular complexity index is 387. The average Bonchev–Trinajstić information content (AvgIpc) is 2.33. The van der Waals surface area contributed by atoms with Crippen molar-refractivity contribution in [3.63, 3.8) is 0 Å². The molecule has 0 amide bonds. The van der Waals surface area contributed by atoms with Crippen LogP contribution in [0.1, 0.15) is 32.8 Å². The normalized spacial score (nSPS) is 30.5. The summed E-state index contributed by atoms with van der Waals surface area (Å²) in [6.07, 6.45) is 0.693. The summed E-state index contributed by atoms with van der Waals surface area (Å²) >= 11 is 0. The number of hydrogen-bond donors (Lipinski definition) is 0. The molecule has 17 heavy (non-hydrogen) atoms. The lowest BCUT2D eigenvalue weighted by atomic mass is 9.86. The summed E-state index contributed by atoms with van der Waals surface area (Å²) in [6, 6.07) is 11.2. The molecular weight excluding hydrogens is 210 g/mol. The highest BCUT2D eigenvalue weighted by atomic mass is 16.1. The van der Waals surface area contributed by atoms with E-state index in [0.29, 0.717) is 24.3 Å².